The molecule has 2 aliphatic rings. The first-order chi connectivity index (χ1) is 13.7. The average Bonchev–Trinajstić information content (AvgIpc) is 2.68. The third-order valence-corrected chi connectivity index (χ3v) is 6.96. The second kappa shape index (κ2) is 9.22. The van der Waals surface area contributed by atoms with Gasteiger partial charge in [-0.3, -0.25) is 4.90 Å². The summed E-state index contributed by atoms with van der Waals surface area (Å²) in [6.07, 6.45) is 9.28. The molecule has 0 aromatic heterocycles. The summed E-state index contributed by atoms with van der Waals surface area (Å²) in [6.45, 7) is 15.5. The molecule has 0 bridgehead atoms. The van der Waals surface area contributed by atoms with Crippen LogP contribution < -0.4 is 4.90 Å². The predicted molar refractivity (Wildman–Crippen MR) is 125 cm³/mol. The molecule has 2 heterocycles. The van der Waals surface area contributed by atoms with Crippen LogP contribution in [0.25, 0.3) is 0 Å². The van der Waals surface area contributed by atoms with Gasteiger partial charge in [0, 0.05) is 37.9 Å². The first kappa shape index (κ1) is 22.4. The van der Waals surface area contributed by atoms with Crippen LogP contribution in [0.1, 0.15) is 78.7 Å². The highest BCUT2D eigenvalue weighted by Gasteiger charge is 2.33. The van der Waals surface area contributed by atoms with Crippen molar-refractivity contribution in [3.63, 3.8) is 0 Å². The quantitative estimate of drug-likeness (QED) is 0.639. The average molecular weight is 399 g/mol. The van der Waals surface area contributed by atoms with Crippen molar-refractivity contribution in [2.45, 2.75) is 90.2 Å². The molecule has 0 saturated carbocycles. The van der Waals surface area contributed by atoms with Crippen molar-refractivity contribution in [1.82, 2.24) is 4.90 Å². The molecule has 162 valence electrons. The molecule has 1 aromatic carbocycles. The van der Waals surface area contributed by atoms with Crippen LogP contribution in [0.5, 0.6) is 0 Å². The molecule has 0 spiro atoms. The Balaban J connectivity index is 1.71. The maximum Gasteiger partial charge on any atom is 0.0644 e. The molecule has 2 saturated heterocycles. The summed E-state index contributed by atoms with van der Waals surface area (Å²) >= 11 is 0. The van der Waals surface area contributed by atoms with E-state index in [0.29, 0.717) is 6.04 Å². The largest absolute Gasteiger partial charge is 0.390 e. The van der Waals surface area contributed by atoms with Gasteiger partial charge < -0.3 is 10.0 Å². The van der Waals surface area contributed by atoms with E-state index in [1.807, 2.05) is 6.92 Å². The van der Waals surface area contributed by atoms with Crippen molar-refractivity contribution in [1.29, 1.82) is 0 Å². The number of hydrogen-bond acceptors (Lipinski definition) is 3. The number of likely N-dealkylation sites (tertiary alicyclic amines) is 1. The van der Waals surface area contributed by atoms with E-state index in [9.17, 15) is 5.11 Å². The van der Waals surface area contributed by atoms with E-state index in [4.69, 9.17) is 0 Å². The lowest BCUT2D eigenvalue weighted by Gasteiger charge is -2.42. The summed E-state index contributed by atoms with van der Waals surface area (Å²) in [6, 6.07) is 9.79. The van der Waals surface area contributed by atoms with Crippen molar-refractivity contribution in [2.24, 2.45) is 0 Å². The molecule has 2 aliphatic heterocycles. The first-order valence-corrected chi connectivity index (χ1v) is 11.6. The van der Waals surface area contributed by atoms with Crippen LogP contribution in [0.15, 0.2) is 35.9 Å². The van der Waals surface area contributed by atoms with Crippen LogP contribution in [-0.2, 0) is 5.41 Å². The molecule has 3 heteroatoms. The van der Waals surface area contributed by atoms with Crippen molar-refractivity contribution < 1.29 is 5.11 Å². The Kier molecular flexibility index (Phi) is 7.11. The number of hydrogen-bond donors (Lipinski definition) is 1. The van der Waals surface area contributed by atoms with E-state index in [2.05, 4.69) is 67.8 Å². The number of allylic oxidation sites excluding steroid dienone is 1. The fraction of sp³-hybridized carbons (Fsp3) is 0.692. The third-order valence-electron chi connectivity index (χ3n) is 6.96. The number of piperidine rings is 2. The highest BCUT2D eigenvalue weighted by molar-refractivity contribution is 5.49. The number of rotatable bonds is 6. The number of anilines is 1. The van der Waals surface area contributed by atoms with E-state index in [1.54, 1.807) is 0 Å². The number of benzene rings is 1. The minimum Gasteiger partial charge on any atom is -0.390 e. The Hall–Kier alpha value is -1.32. The van der Waals surface area contributed by atoms with Gasteiger partial charge in [-0.1, -0.05) is 37.6 Å². The summed E-state index contributed by atoms with van der Waals surface area (Å²) in [4.78, 5) is 5.11. The molecule has 3 nitrogen and oxygen atoms in total. The topological polar surface area (TPSA) is 26.7 Å². The Morgan fingerprint density at radius 1 is 1.03 bits per heavy atom. The van der Waals surface area contributed by atoms with Gasteiger partial charge in [0.15, 0.2) is 0 Å². The molecule has 29 heavy (non-hydrogen) atoms. The monoisotopic (exact) mass is 398 g/mol. The van der Waals surface area contributed by atoms with Crippen molar-refractivity contribution in [2.75, 3.05) is 31.1 Å². The molecule has 1 N–H and O–H groups in total. The summed E-state index contributed by atoms with van der Waals surface area (Å²) in [5.41, 5.74) is 3.80. The Morgan fingerprint density at radius 3 is 2.17 bits per heavy atom. The van der Waals surface area contributed by atoms with Gasteiger partial charge in [-0.15, -0.1) is 0 Å². The zero-order valence-corrected chi connectivity index (χ0v) is 19.4. The van der Waals surface area contributed by atoms with E-state index in [-0.39, 0.29) is 5.41 Å². The van der Waals surface area contributed by atoms with E-state index < -0.39 is 5.60 Å². The normalized spacial score (nSPS) is 21.7. The molecular weight excluding hydrogens is 356 g/mol. The molecule has 0 amide bonds. The fourth-order valence-corrected chi connectivity index (χ4v) is 4.93. The van der Waals surface area contributed by atoms with Gasteiger partial charge in [-0.25, -0.2) is 0 Å². The third kappa shape index (κ3) is 6.08. The standard InChI is InChI=1S/C26H42N2O/c1-21(2)19-24(28-17-13-26(5,29)14-18-28)20-25(3,4)22-9-11-23(12-10-22)27-15-7-6-8-16-27/h9-12,19,24,29H,6-8,13-18,20H2,1-5H3. The van der Waals surface area contributed by atoms with E-state index >= 15 is 0 Å². The van der Waals surface area contributed by atoms with Crippen LogP contribution in [-0.4, -0.2) is 47.8 Å². The number of aliphatic hydroxyl groups is 1. The van der Waals surface area contributed by atoms with Crippen molar-refractivity contribution >= 4 is 5.69 Å². The van der Waals surface area contributed by atoms with Gasteiger partial charge in [-0.2, -0.15) is 0 Å². The Labute approximate surface area is 178 Å². The minimum absolute atomic E-state index is 0.108. The fourth-order valence-electron chi connectivity index (χ4n) is 4.93. The predicted octanol–water partition coefficient (Wildman–Crippen LogP) is 5.53. The molecule has 2 fully saturated rings. The molecule has 1 aromatic rings. The lowest BCUT2D eigenvalue weighted by Crippen LogP contribution is -2.48. The van der Waals surface area contributed by atoms with Gasteiger partial charge in [-0.05, 0) is 82.4 Å². The Bertz CT molecular complexity index is 669. The van der Waals surface area contributed by atoms with Crippen molar-refractivity contribution in [3.05, 3.63) is 41.5 Å². The molecule has 0 radical (unpaired) electrons. The summed E-state index contributed by atoms with van der Waals surface area (Å²) < 4.78 is 0. The lowest BCUT2D eigenvalue weighted by atomic mass is 9.78. The van der Waals surface area contributed by atoms with Crippen LogP contribution in [0.2, 0.25) is 0 Å². The molecule has 3 rings (SSSR count). The summed E-state index contributed by atoms with van der Waals surface area (Å²) in [7, 11) is 0. The van der Waals surface area contributed by atoms with Gasteiger partial charge in [0.25, 0.3) is 0 Å². The number of nitrogens with zero attached hydrogens (tertiary/aromatic N) is 2. The summed E-state index contributed by atoms with van der Waals surface area (Å²) in [5.74, 6) is 0. The summed E-state index contributed by atoms with van der Waals surface area (Å²) in [5, 5.41) is 10.4. The first-order valence-electron chi connectivity index (χ1n) is 11.6. The highest BCUT2D eigenvalue weighted by atomic mass is 16.3. The Morgan fingerprint density at radius 2 is 1.62 bits per heavy atom. The lowest BCUT2D eigenvalue weighted by molar-refractivity contribution is -0.0140. The second-order valence-electron chi connectivity index (χ2n) is 10.5. The minimum atomic E-state index is -0.494. The van der Waals surface area contributed by atoms with E-state index in [0.717, 1.165) is 32.4 Å². The van der Waals surface area contributed by atoms with Crippen LogP contribution >= 0.6 is 0 Å². The van der Waals surface area contributed by atoms with Crippen LogP contribution in [0.4, 0.5) is 5.69 Å². The maximum absolute atomic E-state index is 10.4. The maximum atomic E-state index is 10.4. The molecular formula is C26H42N2O. The van der Waals surface area contributed by atoms with E-state index in [1.165, 1.54) is 49.2 Å². The van der Waals surface area contributed by atoms with Gasteiger partial charge >= 0.3 is 0 Å². The zero-order chi connectivity index (χ0) is 21.1. The van der Waals surface area contributed by atoms with Crippen LogP contribution in [0.3, 0.4) is 0 Å². The van der Waals surface area contributed by atoms with Gasteiger partial charge in [0.1, 0.15) is 0 Å². The molecule has 1 atom stereocenters. The van der Waals surface area contributed by atoms with Gasteiger partial charge in [0.05, 0.1) is 5.60 Å². The smallest absolute Gasteiger partial charge is 0.0644 e. The zero-order valence-electron chi connectivity index (χ0n) is 19.4. The van der Waals surface area contributed by atoms with Crippen molar-refractivity contribution in [3.8, 4) is 0 Å². The molecule has 1 unspecified atom stereocenters. The second-order valence-corrected chi connectivity index (χ2v) is 10.5. The molecule has 0 aliphatic carbocycles. The van der Waals surface area contributed by atoms with Crippen LogP contribution in [0, 0.1) is 0 Å². The van der Waals surface area contributed by atoms with Gasteiger partial charge in [0.2, 0.25) is 0 Å². The SMILES string of the molecule is CC(C)=CC(CC(C)(C)c1ccc(N2CCCCC2)cc1)N1CCC(C)(O)CC1. The highest BCUT2D eigenvalue weighted by Crippen LogP contribution is 2.34.